The third-order valence-corrected chi connectivity index (χ3v) is 5.00. The molecule has 0 radical (unpaired) electrons. The van der Waals surface area contributed by atoms with Crippen molar-refractivity contribution in [3.8, 4) is 17.2 Å². The molecular weight excluding hydrogens is 400 g/mol. The predicted octanol–water partition coefficient (Wildman–Crippen LogP) is 2.75. The van der Waals surface area contributed by atoms with Crippen LogP contribution in [0.2, 0.25) is 0 Å². The molecule has 164 valence electrons. The minimum Gasteiger partial charge on any atom is -0.493 e. The summed E-state index contributed by atoms with van der Waals surface area (Å²) in [6.45, 7) is 1.82. The Labute approximate surface area is 180 Å². The molecule has 3 rings (SSSR count). The molecule has 31 heavy (non-hydrogen) atoms. The summed E-state index contributed by atoms with van der Waals surface area (Å²) in [5.41, 5.74) is 1.05. The van der Waals surface area contributed by atoms with Crippen LogP contribution in [0.1, 0.15) is 23.8 Å². The number of nitrogens with zero attached hydrogens (tertiary/aromatic N) is 2. The quantitative estimate of drug-likeness (QED) is 0.574. The van der Waals surface area contributed by atoms with Crippen LogP contribution < -0.4 is 24.8 Å². The summed E-state index contributed by atoms with van der Waals surface area (Å²) in [7, 11) is 6.33. The van der Waals surface area contributed by atoms with Crippen LogP contribution in [0.25, 0.3) is 10.9 Å². The van der Waals surface area contributed by atoms with Gasteiger partial charge >= 0.3 is 0 Å². The average Bonchev–Trinajstić information content (AvgIpc) is 3.12. The zero-order chi connectivity index (χ0) is 22.5. The van der Waals surface area contributed by atoms with Crippen molar-refractivity contribution in [1.29, 1.82) is 0 Å². The summed E-state index contributed by atoms with van der Waals surface area (Å²) in [4.78, 5) is 29.7. The van der Waals surface area contributed by atoms with E-state index in [-0.39, 0.29) is 11.8 Å². The second kappa shape index (κ2) is 9.38. The fraction of sp³-hybridized carbons (Fsp3) is 0.318. The van der Waals surface area contributed by atoms with Gasteiger partial charge in [-0.1, -0.05) is 13.0 Å². The van der Waals surface area contributed by atoms with Crippen LogP contribution in [-0.4, -0.2) is 48.7 Å². The van der Waals surface area contributed by atoms with Gasteiger partial charge in [0.25, 0.3) is 5.91 Å². The molecule has 9 heteroatoms. The van der Waals surface area contributed by atoms with Crippen LogP contribution in [0.5, 0.6) is 17.2 Å². The molecule has 2 heterocycles. The number of carbonyl (C=O) groups is 2. The maximum Gasteiger partial charge on any atom is 0.268 e. The highest BCUT2D eigenvalue weighted by molar-refractivity contribution is 6.04. The van der Waals surface area contributed by atoms with E-state index in [1.165, 1.54) is 21.3 Å². The minimum atomic E-state index is -0.724. The zero-order valence-electron chi connectivity index (χ0n) is 18.2. The second-order valence-electron chi connectivity index (χ2n) is 6.81. The number of rotatable bonds is 8. The van der Waals surface area contributed by atoms with Gasteiger partial charge in [0, 0.05) is 18.6 Å². The molecule has 0 saturated carbocycles. The van der Waals surface area contributed by atoms with E-state index in [2.05, 4.69) is 15.6 Å². The SMILES string of the molecule is CCC(NC(=O)c1cc2cc(OC)c(OC)c(OC)c2n1C)C(=O)Nc1ccccn1. The maximum atomic E-state index is 13.0. The molecule has 2 N–H and O–H groups in total. The number of methoxy groups -OCH3 is 3. The third-order valence-electron chi connectivity index (χ3n) is 5.00. The van der Waals surface area contributed by atoms with Crippen LogP contribution in [0.3, 0.4) is 0 Å². The number of carbonyl (C=O) groups excluding carboxylic acids is 2. The van der Waals surface area contributed by atoms with Gasteiger partial charge in [0.15, 0.2) is 11.5 Å². The van der Waals surface area contributed by atoms with Crippen LogP contribution >= 0.6 is 0 Å². The molecule has 2 amide bonds. The van der Waals surface area contributed by atoms with Gasteiger partial charge in [-0.25, -0.2) is 4.98 Å². The Morgan fingerprint density at radius 2 is 1.84 bits per heavy atom. The first-order valence-corrected chi connectivity index (χ1v) is 9.76. The van der Waals surface area contributed by atoms with Crippen molar-refractivity contribution in [2.75, 3.05) is 26.6 Å². The number of benzene rings is 1. The zero-order valence-corrected chi connectivity index (χ0v) is 18.2. The van der Waals surface area contributed by atoms with E-state index in [4.69, 9.17) is 14.2 Å². The molecule has 1 unspecified atom stereocenters. The summed E-state index contributed by atoms with van der Waals surface area (Å²) >= 11 is 0. The number of pyridine rings is 1. The van der Waals surface area contributed by atoms with E-state index in [1.807, 2.05) is 6.92 Å². The number of fused-ring (bicyclic) bond motifs is 1. The highest BCUT2D eigenvalue weighted by Crippen LogP contribution is 2.44. The van der Waals surface area contributed by atoms with Gasteiger partial charge in [-0.15, -0.1) is 0 Å². The molecule has 2 aromatic heterocycles. The summed E-state index contributed by atoms with van der Waals surface area (Å²) in [5.74, 6) is 1.08. The largest absolute Gasteiger partial charge is 0.493 e. The number of aryl methyl sites for hydroxylation is 1. The van der Waals surface area contributed by atoms with E-state index in [1.54, 1.807) is 48.1 Å². The highest BCUT2D eigenvalue weighted by Gasteiger charge is 2.25. The van der Waals surface area contributed by atoms with E-state index in [0.29, 0.717) is 40.7 Å². The van der Waals surface area contributed by atoms with Crippen molar-refractivity contribution in [2.24, 2.45) is 7.05 Å². The Morgan fingerprint density at radius 3 is 2.42 bits per heavy atom. The Balaban J connectivity index is 1.91. The summed E-state index contributed by atoms with van der Waals surface area (Å²) < 4.78 is 18.1. The van der Waals surface area contributed by atoms with Crippen LogP contribution in [0.4, 0.5) is 5.82 Å². The normalized spacial score (nSPS) is 11.6. The summed E-state index contributed by atoms with van der Waals surface area (Å²) in [6.07, 6.45) is 2.00. The van der Waals surface area contributed by atoms with Gasteiger partial charge in [-0.2, -0.15) is 0 Å². The first-order valence-electron chi connectivity index (χ1n) is 9.76. The average molecular weight is 426 g/mol. The molecular formula is C22H26N4O5. The first-order chi connectivity index (χ1) is 14.9. The van der Waals surface area contributed by atoms with Gasteiger partial charge in [0.05, 0.1) is 26.8 Å². The molecule has 1 aromatic carbocycles. The van der Waals surface area contributed by atoms with Gasteiger partial charge < -0.3 is 29.4 Å². The van der Waals surface area contributed by atoms with Crippen LogP contribution in [0, 0.1) is 0 Å². The Hall–Kier alpha value is -3.75. The van der Waals surface area contributed by atoms with Crippen molar-refractivity contribution >= 4 is 28.5 Å². The molecule has 0 fully saturated rings. The van der Waals surface area contributed by atoms with E-state index in [0.717, 1.165) is 5.39 Å². The molecule has 9 nitrogen and oxygen atoms in total. The van der Waals surface area contributed by atoms with E-state index >= 15 is 0 Å². The monoisotopic (exact) mass is 426 g/mol. The lowest BCUT2D eigenvalue weighted by molar-refractivity contribution is -0.118. The Kier molecular flexibility index (Phi) is 6.64. The Bertz CT molecular complexity index is 1090. The second-order valence-corrected chi connectivity index (χ2v) is 6.81. The standard InChI is InChI=1S/C22H26N4O5/c1-6-14(21(27)25-17-9-7-8-10-23-17)24-22(28)15-11-13-12-16(29-3)19(30-4)20(31-5)18(13)26(15)2/h7-12,14H,6H2,1-5H3,(H,24,28)(H,23,25,27). The number of aromatic nitrogens is 2. The topological polar surface area (TPSA) is 104 Å². The van der Waals surface area contributed by atoms with Gasteiger partial charge in [-0.3, -0.25) is 9.59 Å². The molecule has 0 aliphatic heterocycles. The first kappa shape index (κ1) is 21.9. The lowest BCUT2D eigenvalue weighted by Gasteiger charge is -2.17. The molecule has 0 aliphatic carbocycles. The van der Waals surface area contributed by atoms with Crippen molar-refractivity contribution < 1.29 is 23.8 Å². The van der Waals surface area contributed by atoms with Crippen molar-refractivity contribution in [1.82, 2.24) is 14.9 Å². The molecule has 0 bridgehead atoms. The molecule has 0 spiro atoms. The van der Waals surface area contributed by atoms with Gasteiger partial charge in [-0.05, 0) is 30.7 Å². The summed E-state index contributed by atoms with van der Waals surface area (Å²) in [6, 6.07) is 7.99. The van der Waals surface area contributed by atoms with Gasteiger partial charge in [0.2, 0.25) is 11.7 Å². The van der Waals surface area contributed by atoms with Crippen LogP contribution in [0.15, 0.2) is 36.5 Å². The number of anilines is 1. The van der Waals surface area contributed by atoms with Crippen molar-refractivity contribution in [3.05, 3.63) is 42.2 Å². The van der Waals surface area contributed by atoms with E-state index < -0.39 is 6.04 Å². The number of ether oxygens (including phenoxy) is 3. The Morgan fingerprint density at radius 1 is 1.10 bits per heavy atom. The lowest BCUT2D eigenvalue weighted by Crippen LogP contribution is -2.43. The van der Waals surface area contributed by atoms with Gasteiger partial charge in [0.1, 0.15) is 17.6 Å². The highest BCUT2D eigenvalue weighted by atomic mass is 16.5. The molecule has 1 atom stereocenters. The van der Waals surface area contributed by atoms with Crippen molar-refractivity contribution in [2.45, 2.75) is 19.4 Å². The molecule has 0 aliphatic rings. The fourth-order valence-corrected chi connectivity index (χ4v) is 3.43. The summed E-state index contributed by atoms with van der Waals surface area (Å²) in [5, 5.41) is 6.25. The molecule has 3 aromatic rings. The third kappa shape index (κ3) is 4.25. The van der Waals surface area contributed by atoms with E-state index in [9.17, 15) is 9.59 Å². The fourth-order valence-electron chi connectivity index (χ4n) is 3.43. The minimum absolute atomic E-state index is 0.339. The smallest absolute Gasteiger partial charge is 0.268 e. The predicted molar refractivity (Wildman–Crippen MR) is 117 cm³/mol. The maximum absolute atomic E-state index is 13.0. The van der Waals surface area contributed by atoms with Crippen LogP contribution in [-0.2, 0) is 11.8 Å². The van der Waals surface area contributed by atoms with Crippen molar-refractivity contribution in [3.63, 3.8) is 0 Å². The number of nitrogens with one attached hydrogen (secondary N) is 2. The lowest BCUT2D eigenvalue weighted by atomic mass is 10.2. The number of hydrogen-bond acceptors (Lipinski definition) is 6. The number of hydrogen-bond donors (Lipinski definition) is 2. The molecule has 0 saturated heterocycles. The number of amides is 2.